The zero-order valence-corrected chi connectivity index (χ0v) is 12.6. The van der Waals surface area contributed by atoms with Crippen LogP contribution >= 0.6 is 0 Å². The molecule has 0 saturated heterocycles. The summed E-state index contributed by atoms with van der Waals surface area (Å²) in [5, 5.41) is 9.27. The normalized spacial score (nSPS) is 14.9. The molecule has 23 heavy (non-hydrogen) atoms. The van der Waals surface area contributed by atoms with Crippen LogP contribution in [-0.4, -0.2) is 34.4 Å². The van der Waals surface area contributed by atoms with Crippen LogP contribution < -0.4 is 5.73 Å². The number of imide groups is 1. The molecule has 0 saturated carbocycles. The lowest BCUT2D eigenvalue weighted by Crippen LogP contribution is -2.35. The first-order chi connectivity index (χ1) is 11.1. The van der Waals surface area contributed by atoms with E-state index in [1.54, 1.807) is 36.4 Å². The highest BCUT2D eigenvalue weighted by molar-refractivity contribution is 6.21. The lowest BCUT2D eigenvalue weighted by Gasteiger charge is -2.17. The van der Waals surface area contributed by atoms with E-state index in [0.29, 0.717) is 30.5 Å². The fraction of sp³-hybridized carbons (Fsp3) is 0.222. The van der Waals surface area contributed by atoms with E-state index in [1.807, 2.05) is 12.1 Å². The minimum Gasteiger partial charge on any atom is -0.508 e. The van der Waals surface area contributed by atoms with E-state index in [0.717, 1.165) is 5.56 Å². The van der Waals surface area contributed by atoms with Crippen LogP contribution in [0.4, 0.5) is 0 Å². The molecule has 0 aliphatic carbocycles. The second kappa shape index (κ2) is 6.22. The van der Waals surface area contributed by atoms with Gasteiger partial charge >= 0.3 is 0 Å². The lowest BCUT2D eigenvalue weighted by molar-refractivity contribution is 0.0650. The average molecular weight is 310 g/mol. The molecule has 3 rings (SSSR count). The van der Waals surface area contributed by atoms with E-state index >= 15 is 0 Å². The number of carbonyl (C=O) groups excluding carboxylic acids is 2. The minimum atomic E-state index is -0.248. The Bertz CT molecular complexity index is 705. The van der Waals surface area contributed by atoms with Gasteiger partial charge in [0, 0.05) is 12.6 Å². The van der Waals surface area contributed by atoms with Crippen molar-refractivity contribution in [1.82, 2.24) is 4.90 Å². The SMILES string of the molecule is NC(CCN1C(=O)c2ccccc2C1=O)Cc1ccc(O)cc1. The van der Waals surface area contributed by atoms with Crippen molar-refractivity contribution < 1.29 is 14.7 Å². The third kappa shape index (κ3) is 3.10. The van der Waals surface area contributed by atoms with Gasteiger partial charge in [-0.15, -0.1) is 0 Å². The molecule has 0 bridgehead atoms. The zero-order valence-electron chi connectivity index (χ0n) is 12.6. The molecule has 1 heterocycles. The maximum Gasteiger partial charge on any atom is 0.261 e. The predicted octanol–water partition coefficient (Wildman–Crippen LogP) is 1.95. The van der Waals surface area contributed by atoms with Crippen molar-refractivity contribution in [2.45, 2.75) is 18.9 Å². The number of aromatic hydroxyl groups is 1. The molecule has 5 nitrogen and oxygen atoms in total. The number of rotatable bonds is 5. The Hall–Kier alpha value is -2.66. The summed E-state index contributed by atoms with van der Waals surface area (Å²) in [6, 6.07) is 13.6. The Morgan fingerprint density at radius 2 is 1.52 bits per heavy atom. The highest BCUT2D eigenvalue weighted by atomic mass is 16.3. The Morgan fingerprint density at radius 3 is 2.09 bits per heavy atom. The smallest absolute Gasteiger partial charge is 0.261 e. The monoisotopic (exact) mass is 310 g/mol. The van der Waals surface area contributed by atoms with Crippen LogP contribution in [-0.2, 0) is 6.42 Å². The number of nitrogens with zero attached hydrogens (tertiary/aromatic N) is 1. The van der Waals surface area contributed by atoms with E-state index in [2.05, 4.69) is 0 Å². The van der Waals surface area contributed by atoms with E-state index in [-0.39, 0.29) is 23.6 Å². The van der Waals surface area contributed by atoms with E-state index in [4.69, 9.17) is 5.73 Å². The molecule has 2 aromatic rings. The molecule has 1 unspecified atom stereocenters. The molecular weight excluding hydrogens is 292 g/mol. The molecule has 0 fully saturated rings. The van der Waals surface area contributed by atoms with Gasteiger partial charge in [0.1, 0.15) is 5.75 Å². The third-order valence-corrected chi connectivity index (χ3v) is 4.04. The van der Waals surface area contributed by atoms with Gasteiger partial charge in [-0.2, -0.15) is 0 Å². The molecule has 3 N–H and O–H groups in total. The average Bonchev–Trinajstić information content (AvgIpc) is 2.80. The van der Waals surface area contributed by atoms with Crippen LogP contribution in [0.5, 0.6) is 5.75 Å². The molecule has 0 radical (unpaired) electrons. The summed E-state index contributed by atoms with van der Waals surface area (Å²) in [4.78, 5) is 25.8. The van der Waals surface area contributed by atoms with Crippen LogP contribution in [0.15, 0.2) is 48.5 Å². The van der Waals surface area contributed by atoms with Gasteiger partial charge in [-0.3, -0.25) is 14.5 Å². The van der Waals surface area contributed by atoms with Gasteiger partial charge in [0.15, 0.2) is 0 Å². The number of amides is 2. The van der Waals surface area contributed by atoms with Crippen molar-refractivity contribution >= 4 is 11.8 Å². The first-order valence-corrected chi connectivity index (χ1v) is 7.55. The van der Waals surface area contributed by atoms with Gasteiger partial charge in [-0.1, -0.05) is 24.3 Å². The standard InChI is InChI=1S/C18H18N2O3/c19-13(11-12-5-7-14(21)8-6-12)9-10-20-17(22)15-3-1-2-4-16(15)18(20)23/h1-8,13,21H,9-11,19H2. The van der Waals surface area contributed by atoms with Crippen LogP contribution in [0.3, 0.4) is 0 Å². The number of phenolic OH excluding ortho intramolecular Hbond substituents is 1. The number of carbonyl (C=O) groups is 2. The van der Waals surface area contributed by atoms with E-state index in [9.17, 15) is 14.7 Å². The molecule has 0 aromatic heterocycles. The minimum absolute atomic E-state index is 0.163. The molecule has 1 aliphatic heterocycles. The van der Waals surface area contributed by atoms with Crippen molar-refractivity contribution in [3.05, 3.63) is 65.2 Å². The lowest BCUT2D eigenvalue weighted by atomic mass is 10.0. The highest BCUT2D eigenvalue weighted by Crippen LogP contribution is 2.22. The van der Waals surface area contributed by atoms with Crippen molar-refractivity contribution in [3.63, 3.8) is 0 Å². The largest absolute Gasteiger partial charge is 0.508 e. The zero-order chi connectivity index (χ0) is 16.4. The molecule has 2 amide bonds. The molecule has 2 aromatic carbocycles. The predicted molar refractivity (Wildman–Crippen MR) is 86.2 cm³/mol. The van der Waals surface area contributed by atoms with Crippen molar-refractivity contribution in [1.29, 1.82) is 0 Å². The fourth-order valence-electron chi connectivity index (χ4n) is 2.77. The number of hydrogen-bond acceptors (Lipinski definition) is 4. The van der Waals surface area contributed by atoms with Gasteiger partial charge in [-0.05, 0) is 42.7 Å². The summed E-state index contributed by atoms with van der Waals surface area (Å²) in [6.45, 7) is 0.311. The van der Waals surface area contributed by atoms with E-state index in [1.165, 1.54) is 4.90 Å². The number of nitrogens with two attached hydrogens (primary N) is 1. The summed E-state index contributed by atoms with van der Waals surface area (Å²) < 4.78 is 0. The van der Waals surface area contributed by atoms with Crippen molar-refractivity contribution in [2.75, 3.05) is 6.54 Å². The Labute approximate surface area is 134 Å². The maximum atomic E-state index is 12.3. The van der Waals surface area contributed by atoms with Crippen LogP contribution in [0.2, 0.25) is 0 Å². The Kier molecular flexibility index (Phi) is 4.12. The van der Waals surface area contributed by atoms with Crippen LogP contribution in [0.25, 0.3) is 0 Å². The summed E-state index contributed by atoms with van der Waals surface area (Å²) in [6.07, 6.45) is 1.16. The van der Waals surface area contributed by atoms with Gasteiger partial charge in [0.25, 0.3) is 11.8 Å². The Morgan fingerprint density at radius 1 is 0.957 bits per heavy atom. The fourth-order valence-corrected chi connectivity index (χ4v) is 2.77. The maximum absolute atomic E-state index is 12.3. The van der Waals surface area contributed by atoms with Gasteiger partial charge in [-0.25, -0.2) is 0 Å². The first-order valence-electron chi connectivity index (χ1n) is 7.55. The molecule has 0 spiro atoms. The van der Waals surface area contributed by atoms with Gasteiger partial charge in [0.2, 0.25) is 0 Å². The van der Waals surface area contributed by atoms with Crippen molar-refractivity contribution in [3.8, 4) is 5.75 Å². The van der Waals surface area contributed by atoms with Crippen molar-refractivity contribution in [2.24, 2.45) is 5.73 Å². The van der Waals surface area contributed by atoms with Crippen LogP contribution in [0.1, 0.15) is 32.7 Å². The highest BCUT2D eigenvalue weighted by Gasteiger charge is 2.34. The summed E-state index contributed by atoms with van der Waals surface area (Å²) >= 11 is 0. The second-order valence-electron chi connectivity index (χ2n) is 5.73. The van der Waals surface area contributed by atoms with Gasteiger partial charge in [0.05, 0.1) is 11.1 Å². The Balaban J connectivity index is 1.59. The van der Waals surface area contributed by atoms with E-state index < -0.39 is 0 Å². The topological polar surface area (TPSA) is 83.6 Å². The summed E-state index contributed by atoms with van der Waals surface area (Å²) in [5.41, 5.74) is 8.04. The quantitative estimate of drug-likeness (QED) is 0.827. The summed E-state index contributed by atoms with van der Waals surface area (Å²) in [7, 11) is 0. The molecule has 1 aliphatic rings. The number of phenols is 1. The number of benzene rings is 2. The molecular formula is C18H18N2O3. The van der Waals surface area contributed by atoms with Gasteiger partial charge < -0.3 is 10.8 Å². The summed E-state index contributed by atoms with van der Waals surface area (Å²) in [5.74, 6) is -0.279. The van der Waals surface area contributed by atoms with Crippen LogP contribution in [0, 0.1) is 0 Å². The molecule has 5 heteroatoms. The first kappa shape index (κ1) is 15.2. The third-order valence-electron chi connectivity index (χ3n) is 4.04. The molecule has 118 valence electrons. The number of hydrogen-bond donors (Lipinski definition) is 2. The second-order valence-corrected chi connectivity index (χ2v) is 5.73. The molecule has 1 atom stereocenters. The number of fused-ring (bicyclic) bond motifs is 1.